The lowest BCUT2D eigenvalue weighted by Crippen LogP contribution is -2.31. The van der Waals surface area contributed by atoms with Gasteiger partial charge >= 0.3 is 5.97 Å². The maximum atomic E-state index is 11.8. The van der Waals surface area contributed by atoms with E-state index in [2.05, 4.69) is 4.98 Å². The highest BCUT2D eigenvalue weighted by molar-refractivity contribution is 7.09. The van der Waals surface area contributed by atoms with Crippen LogP contribution in [0.3, 0.4) is 0 Å². The van der Waals surface area contributed by atoms with Gasteiger partial charge in [0.1, 0.15) is 16.5 Å². The maximum Gasteiger partial charge on any atom is 0.317 e. The molecule has 1 atom stereocenters. The van der Waals surface area contributed by atoms with Crippen LogP contribution in [0.1, 0.15) is 44.5 Å². The molecule has 4 nitrogen and oxygen atoms in total. The molecule has 0 aromatic carbocycles. The number of methoxy groups -OCH3 is 1. The number of thiazole rings is 1. The standard InChI is InChI=1S/C12H19NO3S/c1-6-16-11(14)12(3,4)9-7-17-10(13-9)8(2)15-5/h7-8H,6H2,1-5H3/t8-/m1/s1. The quantitative estimate of drug-likeness (QED) is 0.761. The second-order valence-electron chi connectivity index (χ2n) is 4.29. The van der Waals surface area contributed by atoms with Crippen LogP contribution in [0.5, 0.6) is 0 Å². The fourth-order valence-electron chi connectivity index (χ4n) is 1.28. The highest BCUT2D eigenvalue weighted by Crippen LogP contribution is 2.29. The van der Waals surface area contributed by atoms with E-state index in [1.165, 1.54) is 11.3 Å². The number of rotatable bonds is 5. The Balaban J connectivity index is 2.92. The zero-order valence-corrected chi connectivity index (χ0v) is 11.8. The van der Waals surface area contributed by atoms with Gasteiger partial charge in [-0.05, 0) is 27.7 Å². The van der Waals surface area contributed by atoms with Crippen molar-refractivity contribution in [2.45, 2.75) is 39.2 Å². The molecule has 0 radical (unpaired) electrons. The Morgan fingerprint density at radius 2 is 2.24 bits per heavy atom. The van der Waals surface area contributed by atoms with E-state index in [0.717, 1.165) is 10.7 Å². The van der Waals surface area contributed by atoms with E-state index in [9.17, 15) is 4.79 Å². The van der Waals surface area contributed by atoms with Crippen LogP contribution in [0.25, 0.3) is 0 Å². The summed E-state index contributed by atoms with van der Waals surface area (Å²) >= 11 is 1.50. The third kappa shape index (κ3) is 3.04. The second-order valence-corrected chi connectivity index (χ2v) is 5.18. The van der Waals surface area contributed by atoms with Crippen LogP contribution in [0.2, 0.25) is 0 Å². The Hall–Kier alpha value is -0.940. The van der Waals surface area contributed by atoms with Gasteiger partial charge in [0.05, 0.1) is 12.3 Å². The van der Waals surface area contributed by atoms with E-state index < -0.39 is 5.41 Å². The SMILES string of the molecule is CCOC(=O)C(C)(C)c1csc([C@@H](C)OC)n1. The van der Waals surface area contributed by atoms with E-state index in [4.69, 9.17) is 9.47 Å². The van der Waals surface area contributed by atoms with Crippen molar-refractivity contribution in [3.05, 3.63) is 16.1 Å². The lowest BCUT2D eigenvalue weighted by atomic mass is 9.90. The Morgan fingerprint density at radius 3 is 2.76 bits per heavy atom. The molecule has 1 heterocycles. The lowest BCUT2D eigenvalue weighted by molar-refractivity contribution is -0.148. The lowest BCUT2D eigenvalue weighted by Gasteiger charge is -2.19. The maximum absolute atomic E-state index is 11.8. The largest absolute Gasteiger partial charge is 0.465 e. The summed E-state index contributed by atoms with van der Waals surface area (Å²) in [7, 11) is 1.64. The summed E-state index contributed by atoms with van der Waals surface area (Å²) in [4.78, 5) is 16.3. The molecule has 0 aliphatic heterocycles. The molecule has 0 saturated heterocycles. The Kier molecular flexibility index (Phi) is 4.65. The summed E-state index contributed by atoms with van der Waals surface area (Å²) in [5.74, 6) is -0.248. The van der Waals surface area contributed by atoms with Crippen molar-refractivity contribution in [2.24, 2.45) is 0 Å². The predicted octanol–water partition coefficient (Wildman–Crippen LogP) is 2.69. The molecule has 0 aliphatic rings. The summed E-state index contributed by atoms with van der Waals surface area (Å²) in [5, 5.41) is 2.77. The summed E-state index contributed by atoms with van der Waals surface area (Å²) in [6.45, 7) is 7.75. The highest BCUT2D eigenvalue weighted by atomic mass is 32.1. The third-order valence-corrected chi connectivity index (χ3v) is 3.66. The Bertz CT molecular complexity index is 387. The molecule has 0 unspecified atom stereocenters. The van der Waals surface area contributed by atoms with E-state index >= 15 is 0 Å². The van der Waals surface area contributed by atoms with E-state index in [0.29, 0.717) is 6.61 Å². The monoisotopic (exact) mass is 257 g/mol. The van der Waals surface area contributed by atoms with Gasteiger partial charge in [0, 0.05) is 12.5 Å². The molecule has 0 N–H and O–H groups in total. The average Bonchev–Trinajstić information content (AvgIpc) is 2.78. The average molecular weight is 257 g/mol. The van der Waals surface area contributed by atoms with Crippen LogP contribution in [0.4, 0.5) is 0 Å². The molecule has 17 heavy (non-hydrogen) atoms. The third-order valence-electron chi connectivity index (χ3n) is 2.65. The van der Waals surface area contributed by atoms with Gasteiger partial charge in [-0.25, -0.2) is 4.98 Å². The first-order valence-corrected chi connectivity index (χ1v) is 6.47. The van der Waals surface area contributed by atoms with Gasteiger partial charge in [-0.3, -0.25) is 4.79 Å². The Morgan fingerprint density at radius 1 is 1.59 bits per heavy atom. The van der Waals surface area contributed by atoms with Crippen molar-refractivity contribution in [1.82, 2.24) is 4.98 Å². The molecular weight excluding hydrogens is 238 g/mol. The molecule has 0 fully saturated rings. The number of carbonyl (C=O) groups excluding carboxylic acids is 1. The van der Waals surface area contributed by atoms with Crippen LogP contribution < -0.4 is 0 Å². The van der Waals surface area contributed by atoms with Crippen LogP contribution >= 0.6 is 11.3 Å². The van der Waals surface area contributed by atoms with E-state index in [1.54, 1.807) is 14.0 Å². The van der Waals surface area contributed by atoms with Gasteiger partial charge in [-0.2, -0.15) is 0 Å². The van der Waals surface area contributed by atoms with Gasteiger partial charge in [0.2, 0.25) is 0 Å². The molecule has 0 amide bonds. The molecule has 96 valence electrons. The minimum atomic E-state index is -0.710. The van der Waals surface area contributed by atoms with Crippen molar-refractivity contribution < 1.29 is 14.3 Å². The first kappa shape index (κ1) is 14.1. The number of ether oxygens (including phenoxy) is 2. The second kappa shape index (κ2) is 5.60. The zero-order valence-electron chi connectivity index (χ0n) is 10.9. The zero-order chi connectivity index (χ0) is 13.1. The number of nitrogens with zero attached hydrogens (tertiary/aromatic N) is 1. The topological polar surface area (TPSA) is 48.4 Å². The fraction of sp³-hybridized carbons (Fsp3) is 0.667. The minimum absolute atomic E-state index is 0.0493. The van der Waals surface area contributed by atoms with E-state index in [1.807, 2.05) is 26.2 Å². The predicted molar refractivity (Wildman–Crippen MR) is 67.2 cm³/mol. The molecule has 0 bridgehead atoms. The molecule has 0 aliphatic carbocycles. The minimum Gasteiger partial charge on any atom is -0.465 e. The van der Waals surface area contributed by atoms with Gasteiger partial charge in [0.15, 0.2) is 0 Å². The van der Waals surface area contributed by atoms with E-state index in [-0.39, 0.29) is 12.1 Å². The summed E-state index contributed by atoms with van der Waals surface area (Å²) in [6.07, 6.45) is -0.0493. The first-order valence-electron chi connectivity index (χ1n) is 5.59. The molecule has 0 spiro atoms. The summed E-state index contributed by atoms with van der Waals surface area (Å²) in [5.41, 5.74) is 0.0259. The summed E-state index contributed by atoms with van der Waals surface area (Å²) in [6, 6.07) is 0. The normalized spacial score (nSPS) is 13.5. The van der Waals surface area contributed by atoms with Crippen molar-refractivity contribution in [1.29, 1.82) is 0 Å². The van der Waals surface area contributed by atoms with Gasteiger partial charge in [0.25, 0.3) is 0 Å². The molecule has 1 aromatic heterocycles. The van der Waals surface area contributed by atoms with Crippen LogP contribution in [-0.4, -0.2) is 24.7 Å². The molecule has 1 aromatic rings. The number of esters is 1. The van der Waals surface area contributed by atoms with Gasteiger partial charge in [-0.15, -0.1) is 11.3 Å². The molecule has 0 saturated carbocycles. The van der Waals surface area contributed by atoms with Crippen molar-refractivity contribution in [3.63, 3.8) is 0 Å². The first-order chi connectivity index (χ1) is 7.93. The smallest absolute Gasteiger partial charge is 0.317 e. The van der Waals surface area contributed by atoms with Crippen molar-refractivity contribution >= 4 is 17.3 Å². The van der Waals surface area contributed by atoms with Crippen molar-refractivity contribution in [3.8, 4) is 0 Å². The van der Waals surface area contributed by atoms with Crippen LogP contribution in [0.15, 0.2) is 5.38 Å². The fourth-order valence-corrected chi connectivity index (χ4v) is 2.30. The number of carbonyl (C=O) groups is 1. The van der Waals surface area contributed by atoms with Gasteiger partial charge in [-0.1, -0.05) is 0 Å². The summed E-state index contributed by atoms with van der Waals surface area (Å²) < 4.78 is 10.3. The molecular formula is C12H19NO3S. The molecule has 1 rings (SSSR count). The number of aromatic nitrogens is 1. The highest BCUT2D eigenvalue weighted by Gasteiger charge is 2.34. The number of hydrogen-bond acceptors (Lipinski definition) is 5. The number of hydrogen-bond donors (Lipinski definition) is 0. The Labute approximate surface area is 106 Å². The van der Waals surface area contributed by atoms with Crippen molar-refractivity contribution in [2.75, 3.05) is 13.7 Å². The molecule has 5 heteroatoms. The van der Waals surface area contributed by atoms with Crippen LogP contribution in [-0.2, 0) is 19.7 Å². The van der Waals surface area contributed by atoms with Gasteiger partial charge < -0.3 is 9.47 Å². The van der Waals surface area contributed by atoms with Crippen LogP contribution in [0, 0.1) is 0 Å².